The molecule has 0 aromatic heterocycles. The van der Waals surface area contributed by atoms with E-state index in [0.717, 1.165) is 39.1 Å². The average molecular weight is 511 g/mol. The molecule has 1 aliphatic heterocycles. The van der Waals surface area contributed by atoms with Gasteiger partial charge >= 0.3 is 0 Å². The third-order valence-electron chi connectivity index (χ3n) is 6.27. The molecule has 8 heteroatoms. The van der Waals surface area contributed by atoms with Gasteiger partial charge in [0.2, 0.25) is 0 Å². The topological polar surface area (TPSA) is 95.5 Å². The zero-order chi connectivity index (χ0) is 27.1. The highest BCUT2D eigenvalue weighted by Crippen LogP contribution is 2.34. The number of rotatable bonds is 7. The fraction of sp³-hybridized carbons (Fsp3) is 0.233. The second kappa shape index (κ2) is 12.2. The van der Waals surface area contributed by atoms with Crippen molar-refractivity contribution in [2.75, 3.05) is 30.6 Å². The molecule has 1 amide bonds. The largest absolute Gasteiger partial charge is 0.497 e. The van der Waals surface area contributed by atoms with Crippen molar-refractivity contribution in [3.05, 3.63) is 102 Å². The number of nitrogens with zero attached hydrogens (tertiary/aromatic N) is 4. The van der Waals surface area contributed by atoms with Crippen molar-refractivity contribution in [3.8, 4) is 5.75 Å². The number of aliphatic imine (C=N–C) groups is 2. The maximum absolute atomic E-state index is 12.8. The first kappa shape index (κ1) is 26.6. The van der Waals surface area contributed by atoms with Crippen molar-refractivity contribution < 1.29 is 9.53 Å². The molecule has 1 unspecified atom stereocenters. The molecule has 0 aliphatic carbocycles. The Bertz CT molecular complexity index is 1350. The molecular formula is C30H34N6O2. The van der Waals surface area contributed by atoms with E-state index in [4.69, 9.17) is 15.6 Å². The number of carbonyl (C=O) groups excluding carboxylic acids is 1. The molecule has 3 N–H and O–H groups in total. The maximum Gasteiger partial charge on any atom is 0.265 e. The molecule has 0 radical (unpaired) electrons. The van der Waals surface area contributed by atoms with Crippen LogP contribution in [0.3, 0.4) is 0 Å². The lowest BCUT2D eigenvalue weighted by molar-refractivity contribution is -0.114. The van der Waals surface area contributed by atoms with Gasteiger partial charge < -0.3 is 15.0 Å². The molecule has 0 bridgehead atoms. The van der Waals surface area contributed by atoms with Gasteiger partial charge in [0.05, 0.1) is 12.8 Å². The van der Waals surface area contributed by atoms with E-state index in [1.165, 1.54) is 6.08 Å². The van der Waals surface area contributed by atoms with Crippen LogP contribution in [0.4, 0.5) is 11.4 Å². The minimum absolute atomic E-state index is 0.176. The number of carbonyl (C=O) groups is 1. The summed E-state index contributed by atoms with van der Waals surface area (Å²) in [5.41, 5.74) is 4.57. The molecule has 196 valence electrons. The zero-order valence-electron chi connectivity index (χ0n) is 22.3. The summed E-state index contributed by atoms with van der Waals surface area (Å²) < 4.78 is 5.17. The van der Waals surface area contributed by atoms with Gasteiger partial charge in [-0.15, -0.1) is 0 Å². The monoisotopic (exact) mass is 510 g/mol. The minimum Gasteiger partial charge on any atom is -0.497 e. The van der Waals surface area contributed by atoms with Crippen LogP contribution in [0.1, 0.15) is 37.6 Å². The Kier molecular flexibility index (Phi) is 8.55. The number of hydrazine groups is 1. The summed E-state index contributed by atoms with van der Waals surface area (Å²) in [4.78, 5) is 24.8. The number of benzene rings is 3. The molecule has 3 aromatic carbocycles. The number of nitrogens with two attached hydrogens (primary N) is 1. The van der Waals surface area contributed by atoms with Crippen molar-refractivity contribution in [2.24, 2.45) is 15.8 Å². The molecule has 38 heavy (non-hydrogen) atoms. The first-order valence-corrected chi connectivity index (χ1v) is 12.6. The molecule has 1 atom stereocenters. The smallest absolute Gasteiger partial charge is 0.265 e. The van der Waals surface area contributed by atoms with E-state index in [-0.39, 0.29) is 12.1 Å². The van der Waals surface area contributed by atoms with Crippen LogP contribution in [0.25, 0.3) is 0 Å². The number of para-hydroxylation sites is 1. The average Bonchev–Trinajstić information content (AvgIpc) is 2.94. The van der Waals surface area contributed by atoms with E-state index in [9.17, 15) is 4.79 Å². The number of nitrogens with one attached hydrogen (secondary N) is 1. The molecule has 8 nitrogen and oxygen atoms in total. The Morgan fingerprint density at radius 2 is 1.79 bits per heavy atom. The van der Waals surface area contributed by atoms with E-state index in [1.807, 2.05) is 44.2 Å². The van der Waals surface area contributed by atoms with Crippen LogP contribution in [-0.2, 0) is 4.79 Å². The summed E-state index contributed by atoms with van der Waals surface area (Å²) in [6.07, 6.45) is 1.81. The summed E-state index contributed by atoms with van der Waals surface area (Å²) in [7, 11) is 3.64. The highest BCUT2D eigenvalue weighted by molar-refractivity contribution is 6.13. The van der Waals surface area contributed by atoms with Gasteiger partial charge in [-0.05, 0) is 55.8 Å². The predicted octanol–water partition coefficient (Wildman–Crippen LogP) is 4.84. The normalized spacial score (nSPS) is 15.4. The lowest BCUT2D eigenvalue weighted by Crippen LogP contribution is -2.39. The van der Waals surface area contributed by atoms with Gasteiger partial charge in [-0.25, -0.2) is 15.8 Å². The number of fused-ring (bicyclic) bond motifs is 1. The molecule has 0 saturated heterocycles. The molecule has 0 fully saturated rings. The van der Waals surface area contributed by atoms with E-state index in [1.54, 1.807) is 31.4 Å². The number of amides is 1. The van der Waals surface area contributed by atoms with Crippen LogP contribution < -0.4 is 25.8 Å². The van der Waals surface area contributed by atoms with Gasteiger partial charge in [-0.2, -0.15) is 0 Å². The van der Waals surface area contributed by atoms with Crippen molar-refractivity contribution in [3.63, 3.8) is 0 Å². The highest BCUT2D eigenvalue weighted by Gasteiger charge is 2.27. The number of amidine groups is 2. The second-order valence-electron chi connectivity index (χ2n) is 9.01. The Morgan fingerprint density at radius 3 is 2.47 bits per heavy atom. The van der Waals surface area contributed by atoms with Crippen molar-refractivity contribution in [1.29, 1.82) is 0 Å². The fourth-order valence-electron chi connectivity index (χ4n) is 4.35. The van der Waals surface area contributed by atoms with Crippen molar-refractivity contribution in [2.45, 2.75) is 26.4 Å². The molecule has 4 rings (SSSR count). The van der Waals surface area contributed by atoms with Gasteiger partial charge in [0.1, 0.15) is 23.6 Å². The summed E-state index contributed by atoms with van der Waals surface area (Å²) in [6, 6.07) is 25.4. The van der Waals surface area contributed by atoms with Crippen LogP contribution in [0, 0.1) is 0 Å². The van der Waals surface area contributed by atoms with Crippen LogP contribution in [-0.4, -0.2) is 38.3 Å². The van der Waals surface area contributed by atoms with Crippen LogP contribution in [0.15, 0.2) is 100 Å². The lowest BCUT2D eigenvalue weighted by atomic mass is 10.0. The summed E-state index contributed by atoms with van der Waals surface area (Å²) >= 11 is 0. The SMILES string of the molecule is CCN=C(C/C(C)=C\C(=O)N(N)c1ccc(OC)cc1)NC1=NC(c2ccccc2)N(C)c2ccccc21. The Hall–Kier alpha value is -4.43. The van der Waals surface area contributed by atoms with Gasteiger partial charge in [0, 0.05) is 37.3 Å². The van der Waals surface area contributed by atoms with Crippen LogP contribution >= 0.6 is 0 Å². The predicted molar refractivity (Wildman–Crippen MR) is 155 cm³/mol. The summed E-state index contributed by atoms with van der Waals surface area (Å²) in [6.45, 7) is 4.47. The number of ether oxygens (including phenoxy) is 1. The van der Waals surface area contributed by atoms with E-state index >= 15 is 0 Å². The van der Waals surface area contributed by atoms with E-state index in [2.05, 4.69) is 46.5 Å². The third-order valence-corrected chi connectivity index (χ3v) is 6.27. The molecule has 1 heterocycles. The van der Waals surface area contributed by atoms with Gasteiger partial charge in [-0.3, -0.25) is 9.79 Å². The number of methoxy groups -OCH3 is 1. The first-order valence-electron chi connectivity index (χ1n) is 12.6. The maximum atomic E-state index is 12.8. The first-order chi connectivity index (χ1) is 18.4. The quantitative estimate of drug-likeness (QED) is 0.118. The highest BCUT2D eigenvalue weighted by atomic mass is 16.5. The zero-order valence-corrected chi connectivity index (χ0v) is 22.3. The Morgan fingerprint density at radius 1 is 1.11 bits per heavy atom. The van der Waals surface area contributed by atoms with Crippen LogP contribution in [0.5, 0.6) is 5.75 Å². The Balaban J connectivity index is 1.55. The number of anilines is 2. The molecule has 1 aliphatic rings. The molecule has 3 aromatic rings. The van der Waals surface area contributed by atoms with Gasteiger partial charge in [0.15, 0.2) is 0 Å². The number of hydrogen-bond acceptors (Lipinski definition) is 6. The summed E-state index contributed by atoms with van der Waals surface area (Å²) in [5.74, 6) is 7.93. The second-order valence-corrected chi connectivity index (χ2v) is 9.01. The van der Waals surface area contributed by atoms with E-state index < -0.39 is 0 Å². The van der Waals surface area contributed by atoms with Gasteiger partial charge in [0.25, 0.3) is 5.91 Å². The minimum atomic E-state index is -0.324. The van der Waals surface area contributed by atoms with Crippen molar-refractivity contribution in [1.82, 2.24) is 5.32 Å². The molecule has 0 spiro atoms. The number of hydrogen-bond donors (Lipinski definition) is 2. The summed E-state index contributed by atoms with van der Waals surface area (Å²) in [5, 5.41) is 4.59. The van der Waals surface area contributed by atoms with E-state index in [0.29, 0.717) is 24.4 Å². The molecular weight excluding hydrogens is 476 g/mol. The molecule has 0 saturated carbocycles. The third kappa shape index (κ3) is 6.10. The van der Waals surface area contributed by atoms with Crippen molar-refractivity contribution >= 4 is 29.0 Å². The van der Waals surface area contributed by atoms with Crippen LogP contribution in [0.2, 0.25) is 0 Å². The standard InChI is InChI=1S/C30H34N6O2/c1-5-32-27(19-21(2)20-28(37)36(31)23-15-17-24(38-4)18-16-23)33-29-25-13-9-10-14-26(25)35(3)30(34-29)22-11-7-6-8-12-22/h6-18,20,30H,5,19,31H2,1-4H3,(H,32,33,34)/b21-20-. The fourth-order valence-corrected chi connectivity index (χ4v) is 4.35. The van der Waals surface area contributed by atoms with Gasteiger partial charge in [-0.1, -0.05) is 48.0 Å². The lowest BCUT2D eigenvalue weighted by Gasteiger charge is -2.34. The Labute approximate surface area is 224 Å².